The van der Waals surface area contributed by atoms with Crippen molar-refractivity contribution in [1.29, 1.82) is 0 Å². The molecule has 1 saturated heterocycles. The number of ketones is 1. The van der Waals surface area contributed by atoms with Crippen molar-refractivity contribution in [1.82, 2.24) is 4.31 Å². The largest absolute Gasteiger partial charge is 0.324 e. The molecule has 0 radical (unpaired) electrons. The predicted molar refractivity (Wildman–Crippen MR) is 131 cm³/mol. The van der Waals surface area contributed by atoms with Gasteiger partial charge in [-0.2, -0.15) is 4.31 Å². The van der Waals surface area contributed by atoms with E-state index in [0.29, 0.717) is 22.2 Å². The van der Waals surface area contributed by atoms with Gasteiger partial charge in [0.25, 0.3) is 10.0 Å². The number of anilines is 1. The van der Waals surface area contributed by atoms with Gasteiger partial charge in [0.2, 0.25) is 5.91 Å². The summed E-state index contributed by atoms with van der Waals surface area (Å²) in [5.74, 6) is -0.947. The third-order valence-corrected chi connectivity index (χ3v) is 9.39. The van der Waals surface area contributed by atoms with E-state index in [1.165, 1.54) is 34.6 Å². The van der Waals surface area contributed by atoms with Crippen molar-refractivity contribution in [2.24, 2.45) is 0 Å². The minimum atomic E-state index is -3.89. The van der Waals surface area contributed by atoms with Crippen LogP contribution in [0.1, 0.15) is 28.8 Å². The second kappa shape index (κ2) is 9.74. The molecule has 1 unspecified atom stereocenters. The smallest absolute Gasteiger partial charge is 0.253 e. The van der Waals surface area contributed by atoms with Crippen LogP contribution in [0, 0.1) is 0 Å². The van der Waals surface area contributed by atoms with E-state index in [1.807, 2.05) is 0 Å². The molecule has 1 aromatic heterocycles. The Morgan fingerprint density at radius 3 is 2.45 bits per heavy atom. The Morgan fingerprint density at radius 2 is 1.76 bits per heavy atom. The first kappa shape index (κ1) is 24.2. The lowest BCUT2D eigenvalue weighted by molar-refractivity contribution is -0.119. The van der Waals surface area contributed by atoms with Crippen molar-refractivity contribution in [3.05, 3.63) is 80.1 Å². The van der Waals surface area contributed by atoms with E-state index in [-0.39, 0.29) is 32.6 Å². The molecule has 2 aromatic carbocycles. The number of sulfonamides is 1. The van der Waals surface area contributed by atoms with Crippen LogP contribution in [-0.4, -0.2) is 37.0 Å². The first-order valence-corrected chi connectivity index (χ1v) is 13.2. The molecule has 1 fully saturated rings. The minimum Gasteiger partial charge on any atom is -0.324 e. The molecular weight excluding hydrogens is 527 g/mol. The van der Waals surface area contributed by atoms with Crippen molar-refractivity contribution >= 4 is 73.5 Å². The molecule has 2 heterocycles. The first-order chi connectivity index (χ1) is 15.7. The van der Waals surface area contributed by atoms with E-state index in [2.05, 4.69) is 5.32 Å². The highest BCUT2D eigenvalue weighted by atomic mass is 35.5. The fraction of sp³-hybridized carbons (Fsp3) is 0.182. The van der Waals surface area contributed by atoms with Crippen LogP contribution in [0.3, 0.4) is 0 Å². The van der Waals surface area contributed by atoms with Crippen molar-refractivity contribution in [3.8, 4) is 0 Å². The number of amides is 1. The summed E-state index contributed by atoms with van der Waals surface area (Å²) in [6.07, 6.45) is 0.883. The normalized spacial score (nSPS) is 16.6. The lowest BCUT2D eigenvalue weighted by Gasteiger charge is -2.23. The Morgan fingerprint density at radius 1 is 1.00 bits per heavy atom. The number of hydrogen-bond donors (Lipinski definition) is 1. The molecule has 0 spiro atoms. The number of nitrogens with zero attached hydrogens (tertiary/aromatic N) is 1. The maximum absolute atomic E-state index is 13.2. The van der Waals surface area contributed by atoms with E-state index >= 15 is 0 Å². The summed E-state index contributed by atoms with van der Waals surface area (Å²) in [7, 11) is -3.89. The van der Waals surface area contributed by atoms with Gasteiger partial charge in [0.05, 0.1) is 15.0 Å². The molecule has 1 aliphatic heterocycles. The molecule has 0 aliphatic carbocycles. The van der Waals surface area contributed by atoms with Crippen LogP contribution in [0.4, 0.5) is 5.69 Å². The van der Waals surface area contributed by atoms with Gasteiger partial charge in [0.1, 0.15) is 10.3 Å². The van der Waals surface area contributed by atoms with E-state index in [1.54, 1.807) is 24.3 Å². The average molecular weight is 544 g/mol. The number of benzene rings is 2. The predicted octanol–water partition coefficient (Wildman–Crippen LogP) is 5.73. The van der Waals surface area contributed by atoms with Gasteiger partial charge in [-0.25, -0.2) is 8.42 Å². The standard InChI is InChI=1S/C22H17Cl3N2O4S2/c23-13-7-8-17(15(12-13)21(28)14-4-1-2-5-16(14)24)26-22(29)18-6-3-11-27(18)33(30,31)20-10-9-19(25)32-20/h1-2,4-5,7-10,12,18H,3,6,11H2,(H,26,29). The Balaban J connectivity index is 1.62. The lowest BCUT2D eigenvalue weighted by atomic mass is 10.0. The van der Waals surface area contributed by atoms with Crippen LogP contribution >= 0.6 is 46.1 Å². The Hall–Kier alpha value is -1.94. The zero-order valence-electron chi connectivity index (χ0n) is 16.9. The molecule has 1 amide bonds. The van der Waals surface area contributed by atoms with Gasteiger partial charge >= 0.3 is 0 Å². The monoisotopic (exact) mass is 542 g/mol. The number of halogens is 3. The maximum atomic E-state index is 13.2. The lowest BCUT2D eigenvalue weighted by Crippen LogP contribution is -2.43. The van der Waals surface area contributed by atoms with Crippen LogP contribution < -0.4 is 5.32 Å². The number of hydrogen-bond acceptors (Lipinski definition) is 5. The maximum Gasteiger partial charge on any atom is 0.253 e. The van der Waals surface area contributed by atoms with Gasteiger partial charge in [0.15, 0.2) is 5.78 Å². The molecule has 3 aromatic rings. The van der Waals surface area contributed by atoms with Crippen molar-refractivity contribution in [2.45, 2.75) is 23.1 Å². The molecular formula is C22H17Cl3N2O4S2. The van der Waals surface area contributed by atoms with Gasteiger partial charge in [-0.15, -0.1) is 11.3 Å². The number of nitrogens with one attached hydrogen (secondary N) is 1. The first-order valence-electron chi connectivity index (χ1n) is 9.85. The van der Waals surface area contributed by atoms with Crippen LogP contribution in [-0.2, 0) is 14.8 Å². The number of thiophene rings is 1. The zero-order valence-corrected chi connectivity index (χ0v) is 20.8. The Labute approximate surface area is 210 Å². The summed E-state index contributed by atoms with van der Waals surface area (Å²) in [6.45, 7) is 0.210. The minimum absolute atomic E-state index is 0.0771. The highest BCUT2D eigenvalue weighted by Crippen LogP contribution is 2.33. The summed E-state index contributed by atoms with van der Waals surface area (Å²) < 4.78 is 27.7. The molecule has 0 saturated carbocycles. The fourth-order valence-electron chi connectivity index (χ4n) is 3.66. The SMILES string of the molecule is O=C(c1ccccc1Cl)c1cc(Cl)ccc1NC(=O)C1CCCN1S(=O)(=O)c1ccc(Cl)s1. The van der Waals surface area contributed by atoms with Gasteiger partial charge in [-0.1, -0.05) is 46.9 Å². The van der Waals surface area contributed by atoms with Crippen molar-refractivity contribution in [2.75, 3.05) is 11.9 Å². The second-order valence-electron chi connectivity index (χ2n) is 7.32. The van der Waals surface area contributed by atoms with Crippen LogP contribution in [0.25, 0.3) is 0 Å². The molecule has 6 nitrogen and oxygen atoms in total. The average Bonchev–Trinajstić information content (AvgIpc) is 3.45. The third kappa shape index (κ3) is 4.96. The highest BCUT2D eigenvalue weighted by Gasteiger charge is 2.40. The summed E-state index contributed by atoms with van der Waals surface area (Å²) in [6, 6.07) is 13.1. The molecule has 11 heteroatoms. The topological polar surface area (TPSA) is 83.6 Å². The highest BCUT2D eigenvalue weighted by molar-refractivity contribution is 7.91. The van der Waals surface area contributed by atoms with Gasteiger partial charge in [-0.05, 0) is 55.3 Å². The quantitative estimate of drug-likeness (QED) is 0.402. The molecule has 1 aliphatic rings. The third-order valence-electron chi connectivity index (χ3n) is 5.22. The number of carbonyl (C=O) groups is 2. The van der Waals surface area contributed by atoms with E-state index in [4.69, 9.17) is 34.8 Å². The van der Waals surface area contributed by atoms with Gasteiger partial charge < -0.3 is 5.32 Å². The molecule has 0 bridgehead atoms. The molecule has 4 rings (SSSR count). The molecule has 1 N–H and O–H groups in total. The fourth-order valence-corrected chi connectivity index (χ4v) is 7.32. The van der Waals surface area contributed by atoms with E-state index < -0.39 is 27.8 Å². The van der Waals surface area contributed by atoms with Gasteiger partial charge in [0, 0.05) is 22.7 Å². The summed E-state index contributed by atoms with van der Waals surface area (Å²) in [5.41, 5.74) is 0.635. The Bertz CT molecular complexity index is 1340. The molecule has 33 heavy (non-hydrogen) atoms. The van der Waals surface area contributed by atoms with E-state index in [0.717, 1.165) is 11.3 Å². The molecule has 1 atom stereocenters. The Kier molecular flexibility index (Phi) is 7.14. The summed E-state index contributed by atoms with van der Waals surface area (Å²) in [4.78, 5) is 26.3. The summed E-state index contributed by atoms with van der Waals surface area (Å²) in [5, 5.41) is 3.29. The van der Waals surface area contributed by atoms with Crippen molar-refractivity contribution in [3.63, 3.8) is 0 Å². The zero-order chi connectivity index (χ0) is 23.8. The van der Waals surface area contributed by atoms with Crippen LogP contribution in [0.5, 0.6) is 0 Å². The number of carbonyl (C=O) groups excluding carboxylic acids is 2. The van der Waals surface area contributed by atoms with Gasteiger partial charge in [-0.3, -0.25) is 9.59 Å². The summed E-state index contributed by atoms with van der Waals surface area (Å²) >= 11 is 19.1. The van der Waals surface area contributed by atoms with Crippen LogP contribution in [0.2, 0.25) is 14.4 Å². The van der Waals surface area contributed by atoms with E-state index in [9.17, 15) is 18.0 Å². The second-order valence-corrected chi connectivity index (χ2v) is 12.0. The molecule has 172 valence electrons. The van der Waals surface area contributed by atoms with Crippen molar-refractivity contribution < 1.29 is 18.0 Å². The van der Waals surface area contributed by atoms with Crippen LogP contribution in [0.15, 0.2) is 58.8 Å². The number of rotatable bonds is 6.